The Labute approximate surface area is 92.1 Å². The molecule has 14 heavy (non-hydrogen) atoms. The fourth-order valence-corrected chi connectivity index (χ4v) is 2.66. The topological polar surface area (TPSA) is 23.5 Å². The van der Waals surface area contributed by atoms with Crippen molar-refractivity contribution < 1.29 is 5.11 Å². The quantitative estimate of drug-likeness (QED) is 0.687. The molecule has 84 valence electrons. The van der Waals surface area contributed by atoms with E-state index in [0.717, 1.165) is 6.54 Å². The molecule has 1 heterocycles. The van der Waals surface area contributed by atoms with Crippen molar-refractivity contribution in [3.63, 3.8) is 0 Å². The average molecular weight is 217 g/mol. The van der Waals surface area contributed by atoms with Gasteiger partial charge in [0.1, 0.15) is 0 Å². The summed E-state index contributed by atoms with van der Waals surface area (Å²) in [6.07, 6.45) is 3.79. The normalized spacial score (nSPS) is 24.0. The van der Waals surface area contributed by atoms with Crippen LogP contribution in [0, 0.1) is 5.92 Å². The van der Waals surface area contributed by atoms with Gasteiger partial charge in [-0.2, -0.15) is 11.8 Å². The predicted molar refractivity (Wildman–Crippen MR) is 63.9 cm³/mol. The summed E-state index contributed by atoms with van der Waals surface area (Å²) in [5.74, 6) is 3.07. The number of rotatable bonds is 6. The summed E-state index contributed by atoms with van der Waals surface area (Å²) in [4.78, 5) is 2.51. The Morgan fingerprint density at radius 3 is 3.07 bits per heavy atom. The van der Waals surface area contributed by atoms with Crippen LogP contribution < -0.4 is 0 Å². The molecule has 1 rings (SSSR count). The smallest absolute Gasteiger partial charge is 0.0471 e. The number of hydrogen-bond acceptors (Lipinski definition) is 3. The molecule has 0 aromatic heterocycles. The van der Waals surface area contributed by atoms with Gasteiger partial charge in [-0.3, -0.25) is 0 Å². The highest BCUT2D eigenvalue weighted by Gasteiger charge is 2.18. The zero-order valence-electron chi connectivity index (χ0n) is 9.24. The molecule has 1 fully saturated rings. The number of nitrogens with zero attached hydrogens (tertiary/aromatic N) is 1. The maximum Gasteiger partial charge on any atom is 0.0471 e. The van der Waals surface area contributed by atoms with Crippen molar-refractivity contribution in [2.75, 3.05) is 37.7 Å². The maximum absolute atomic E-state index is 9.09. The third kappa shape index (κ3) is 4.67. The molecule has 2 nitrogen and oxygen atoms in total. The van der Waals surface area contributed by atoms with Crippen molar-refractivity contribution in [2.24, 2.45) is 5.92 Å². The van der Waals surface area contributed by atoms with Gasteiger partial charge in [0, 0.05) is 13.2 Å². The van der Waals surface area contributed by atoms with Crippen LogP contribution in [-0.4, -0.2) is 47.8 Å². The van der Waals surface area contributed by atoms with E-state index in [-0.39, 0.29) is 0 Å². The lowest BCUT2D eigenvalue weighted by atomic mass is 9.99. The van der Waals surface area contributed by atoms with Gasteiger partial charge in [-0.15, -0.1) is 0 Å². The van der Waals surface area contributed by atoms with Crippen molar-refractivity contribution >= 4 is 11.8 Å². The van der Waals surface area contributed by atoms with Crippen LogP contribution in [0.3, 0.4) is 0 Å². The third-order valence-corrected chi connectivity index (χ3v) is 3.81. The van der Waals surface area contributed by atoms with E-state index in [1.165, 1.54) is 43.9 Å². The van der Waals surface area contributed by atoms with Crippen molar-refractivity contribution in [3.05, 3.63) is 0 Å². The lowest BCUT2D eigenvalue weighted by Crippen LogP contribution is -2.37. The van der Waals surface area contributed by atoms with Crippen LogP contribution >= 0.6 is 11.8 Å². The van der Waals surface area contributed by atoms with E-state index < -0.39 is 0 Å². The van der Waals surface area contributed by atoms with Crippen LogP contribution in [-0.2, 0) is 0 Å². The molecular weight excluding hydrogens is 194 g/mol. The summed E-state index contributed by atoms with van der Waals surface area (Å²) in [6.45, 7) is 6.18. The summed E-state index contributed by atoms with van der Waals surface area (Å²) in [5.41, 5.74) is 0. The van der Waals surface area contributed by atoms with E-state index in [2.05, 4.69) is 11.8 Å². The molecule has 1 aliphatic heterocycles. The molecule has 0 bridgehead atoms. The molecule has 3 heteroatoms. The van der Waals surface area contributed by atoms with Gasteiger partial charge in [0.05, 0.1) is 0 Å². The molecular formula is C11H23NOS. The van der Waals surface area contributed by atoms with E-state index in [4.69, 9.17) is 5.11 Å². The Morgan fingerprint density at radius 2 is 2.36 bits per heavy atom. The minimum atomic E-state index is 0.375. The van der Waals surface area contributed by atoms with E-state index in [1.807, 2.05) is 11.8 Å². The molecule has 0 aliphatic carbocycles. The maximum atomic E-state index is 9.09. The van der Waals surface area contributed by atoms with Crippen LogP contribution in [0.2, 0.25) is 0 Å². The highest BCUT2D eigenvalue weighted by Crippen LogP contribution is 2.16. The Morgan fingerprint density at radius 1 is 1.50 bits per heavy atom. The van der Waals surface area contributed by atoms with Crippen molar-refractivity contribution in [1.82, 2.24) is 4.90 Å². The zero-order chi connectivity index (χ0) is 10.2. The van der Waals surface area contributed by atoms with Gasteiger partial charge < -0.3 is 10.0 Å². The van der Waals surface area contributed by atoms with Crippen molar-refractivity contribution in [3.8, 4) is 0 Å². The molecule has 1 N–H and O–H groups in total. The minimum absolute atomic E-state index is 0.375. The van der Waals surface area contributed by atoms with Gasteiger partial charge in [-0.05, 0) is 49.8 Å². The Balaban J connectivity index is 2.05. The number of aliphatic hydroxyl groups excluding tert-OH is 1. The SMILES string of the molecule is CCSCCCN1CCCC(CO)C1. The lowest BCUT2D eigenvalue weighted by Gasteiger charge is -2.31. The van der Waals surface area contributed by atoms with Gasteiger partial charge in [-0.25, -0.2) is 0 Å². The first kappa shape index (κ1) is 12.3. The molecule has 0 aromatic rings. The molecule has 1 unspecified atom stereocenters. The standard InChI is InChI=1S/C11H23NOS/c1-2-14-8-4-7-12-6-3-5-11(9-12)10-13/h11,13H,2-10H2,1H3. The summed E-state index contributed by atoms with van der Waals surface area (Å²) in [7, 11) is 0. The van der Waals surface area contributed by atoms with Gasteiger partial charge in [-0.1, -0.05) is 6.92 Å². The second-order valence-electron chi connectivity index (χ2n) is 4.04. The zero-order valence-corrected chi connectivity index (χ0v) is 10.1. The van der Waals surface area contributed by atoms with E-state index >= 15 is 0 Å². The Hall–Kier alpha value is 0.270. The molecule has 1 aliphatic rings. The molecule has 0 saturated carbocycles. The Bertz CT molecular complexity index is 143. The van der Waals surface area contributed by atoms with Gasteiger partial charge in [0.15, 0.2) is 0 Å². The summed E-state index contributed by atoms with van der Waals surface area (Å²) in [5, 5.41) is 9.09. The van der Waals surface area contributed by atoms with Crippen LogP contribution in [0.5, 0.6) is 0 Å². The lowest BCUT2D eigenvalue weighted by molar-refractivity contribution is 0.121. The van der Waals surface area contributed by atoms with Crippen LogP contribution in [0.25, 0.3) is 0 Å². The molecule has 1 saturated heterocycles. The van der Waals surface area contributed by atoms with Crippen molar-refractivity contribution in [1.29, 1.82) is 0 Å². The summed E-state index contributed by atoms with van der Waals surface area (Å²) < 4.78 is 0. The predicted octanol–water partition coefficient (Wildman–Crippen LogP) is 1.83. The number of aliphatic hydroxyl groups is 1. The van der Waals surface area contributed by atoms with E-state index in [1.54, 1.807) is 0 Å². The first-order valence-electron chi connectivity index (χ1n) is 5.77. The fraction of sp³-hybridized carbons (Fsp3) is 1.00. The monoisotopic (exact) mass is 217 g/mol. The van der Waals surface area contributed by atoms with E-state index in [0.29, 0.717) is 12.5 Å². The van der Waals surface area contributed by atoms with Crippen LogP contribution in [0.15, 0.2) is 0 Å². The molecule has 0 spiro atoms. The van der Waals surface area contributed by atoms with Gasteiger partial charge >= 0.3 is 0 Å². The van der Waals surface area contributed by atoms with Crippen LogP contribution in [0.1, 0.15) is 26.2 Å². The summed E-state index contributed by atoms with van der Waals surface area (Å²) >= 11 is 2.03. The largest absolute Gasteiger partial charge is 0.396 e. The Kier molecular flexibility index (Phi) is 6.65. The first-order valence-corrected chi connectivity index (χ1v) is 6.93. The minimum Gasteiger partial charge on any atom is -0.396 e. The van der Waals surface area contributed by atoms with E-state index in [9.17, 15) is 0 Å². The second-order valence-corrected chi connectivity index (χ2v) is 5.44. The third-order valence-electron chi connectivity index (χ3n) is 2.83. The van der Waals surface area contributed by atoms with Crippen LogP contribution in [0.4, 0.5) is 0 Å². The molecule has 0 aromatic carbocycles. The first-order chi connectivity index (χ1) is 6.86. The second kappa shape index (κ2) is 7.55. The van der Waals surface area contributed by atoms with Gasteiger partial charge in [0.2, 0.25) is 0 Å². The van der Waals surface area contributed by atoms with Crippen molar-refractivity contribution in [2.45, 2.75) is 26.2 Å². The fourth-order valence-electron chi connectivity index (χ4n) is 2.04. The highest BCUT2D eigenvalue weighted by molar-refractivity contribution is 7.99. The molecule has 0 radical (unpaired) electrons. The molecule has 1 atom stereocenters. The number of thioether (sulfide) groups is 1. The number of hydrogen-bond donors (Lipinski definition) is 1. The summed E-state index contributed by atoms with van der Waals surface area (Å²) in [6, 6.07) is 0. The number of piperidine rings is 1. The van der Waals surface area contributed by atoms with Gasteiger partial charge in [0.25, 0.3) is 0 Å². The highest BCUT2D eigenvalue weighted by atomic mass is 32.2. The molecule has 0 amide bonds. The average Bonchev–Trinajstić information content (AvgIpc) is 2.25. The number of likely N-dealkylation sites (tertiary alicyclic amines) is 1.